The van der Waals surface area contributed by atoms with E-state index >= 15 is 0 Å². The summed E-state index contributed by atoms with van der Waals surface area (Å²) in [5, 5.41) is 7.14. The molecule has 2 atom stereocenters. The molecule has 0 spiro atoms. The van der Waals surface area contributed by atoms with Crippen molar-refractivity contribution >= 4 is 52.9 Å². The van der Waals surface area contributed by atoms with Crippen LogP contribution in [0.4, 0.5) is 24.1 Å². The SMILES string of the molecule is CC(C)(C)OC(=O)NCC[C@H](NC(=O)[C@@H]1Cc2cc(F)ccc2CN1C(=O)OCC1c2ccccc2-c2ccccc21)C(=O)Nc1ccc(Cl)c(Cl)c1F. The summed E-state index contributed by atoms with van der Waals surface area (Å²) in [6.45, 7) is 4.84. The van der Waals surface area contributed by atoms with Gasteiger partial charge >= 0.3 is 12.2 Å². The molecule has 0 bridgehead atoms. The van der Waals surface area contributed by atoms with Crippen molar-refractivity contribution in [3.63, 3.8) is 0 Å². The normalized spacial score (nSPS) is 15.3. The van der Waals surface area contributed by atoms with Gasteiger partial charge in [0.1, 0.15) is 30.1 Å². The van der Waals surface area contributed by atoms with Gasteiger partial charge in [0.2, 0.25) is 11.8 Å². The number of hydrogen-bond donors (Lipinski definition) is 3. The van der Waals surface area contributed by atoms with Crippen molar-refractivity contribution in [3.05, 3.63) is 123 Å². The summed E-state index contributed by atoms with van der Waals surface area (Å²) in [4.78, 5) is 55.3. The summed E-state index contributed by atoms with van der Waals surface area (Å²) < 4.78 is 40.5. The second-order valence-electron chi connectivity index (χ2n) is 14.1. The Bertz CT molecular complexity index is 2060. The van der Waals surface area contributed by atoms with E-state index in [1.54, 1.807) is 26.8 Å². The first-order valence-electron chi connectivity index (χ1n) is 17.3. The molecule has 3 N–H and O–H groups in total. The van der Waals surface area contributed by atoms with E-state index in [0.29, 0.717) is 11.1 Å². The number of amides is 4. The van der Waals surface area contributed by atoms with Gasteiger partial charge in [0.05, 0.1) is 22.3 Å². The maximum absolute atomic E-state index is 14.9. The molecule has 1 aliphatic carbocycles. The minimum Gasteiger partial charge on any atom is -0.448 e. The van der Waals surface area contributed by atoms with Gasteiger partial charge in [-0.05, 0) is 84.8 Å². The Labute approximate surface area is 321 Å². The summed E-state index contributed by atoms with van der Waals surface area (Å²) in [7, 11) is 0. The number of hydrogen-bond acceptors (Lipinski definition) is 6. The number of nitrogens with one attached hydrogen (secondary N) is 3. The molecule has 0 saturated heterocycles. The topological polar surface area (TPSA) is 126 Å². The smallest absolute Gasteiger partial charge is 0.410 e. The zero-order valence-corrected chi connectivity index (χ0v) is 31.2. The van der Waals surface area contributed by atoms with Gasteiger partial charge in [0.25, 0.3) is 0 Å². The standard InChI is InChI=1S/C40H38Cl2F2N4O6/c1-40(2,3)54-38(51)45-17-16-32(36(49)46-31-15-14-30(41)34(42)35(31)44)47-37(50)33-19-23-18-24(43)13-12-22(23)20-48(33)39(52)53-21-29-27-10-6-4-8-25(27)26-9-5-7-11-28(26)29/h4-15,18,29,32-33H,16-17,19-21H2,1-3H3,(H,45,51)(H,46,49)(H,47,50)/t32-,33-/m0/s1. The van der Waals surface area contributed by atoms with Crippen LogP contribution >= 0.6 is 23.2 Å². The first-order valence-corrected chi connectivity index (χ1v) is 18.1. The van der Waals surface area contributed by atoms with E-state index in [-0.39, 0.29) is 49.2 Å². The fourth-order valence-corrected chi connectivity index (χ4v) is 6.98. The fourth-order valence-electron chi connectivity index (χ4n) is 6.67. The summed E-state index contributed by atoms with van der Waals surface area (Å²) >= 11 is 11.9. The van der Waals surface area contributed by atoms with Gasteiger partial charge in [-0.2, -0.15) is 0 Å². The van der Waals surface area contributed by atoms with Crippen molar-refractivity contribution in [2.24, 2.45) is 0 Å². The predicted molar refractivity (Wildman–Crippen MR) is 200 cm³/mol. The molecule has 14 heteroatoms. The van der Waals surface area contributed by atoms with Crippen molar-refractivity contribution in [1.29, 1.82) is 0 Å². The second-order valence-corrected chi connectivity index (χ2v) is 14.8. The van der Waals surface area contributed by atoms with Gasteiger partial charge in [-0.25, -0.2) is 18.4 Å². The lowest BCUT2D eigenvalue weighted by molar-refractivity contribution is -0.130. The molecule has 10 nitrogen and oxygen atoms in total. The number of carbonyl (C=O) groups is 4. The zero-order valence-electron chi connectivity index (χ0n) is 29.7. The third-order valence-electron chi connectivity index (χ3n) is 9.20. The Hall–Kier alpha value is -5.20. The van der Waals surface area contributed by atoms with Crippen LogP contribution in [-0.2, 0) is 32.0 Å². The molecule has 1 aliphatic heterocycles. The molecule has 0 radical (unpaired) electrons. The summed E-state index contributed by atoms with van der Waals surface area (Å²) in [5.41, 5.74) is 4.15. The van der Waals surface area contributed by atoms with Crippen LogP contribution in [0.25, 0.3) is 11.1 Å². The van der Waals surface area contributed by atoms with Crippen molar-refractivity contribution in [2.45, 2.75) is 63.8 Å². The molecule has 4 aromatic rings. The predicted octanol–water partition coefficient (Wildman–Crippen LogP) is 7.99. The minimum absolute atomic E-state index is 0.00937. The van der Waals surface area contributed by atoms with E-state index in [4.69, 9.17) is 32.7 Å². The monoisotopic (exact) mass is 778 g/mol. The number of ether oxygens (including phenoxy) is 2. The van der Waals surface area contributed by atoms with Crippen molar-refractivity contribution in [2.75, 3.05) is 18.5 Å². The molecule has 282 valence electrons. The quantitative estimate of drug-likeness (QED) is 0.148. The number of benzene rings is 4. The van der Waals surface area contributed by atoms with Gasteiger partial charge in [0.15, 0.2) is 5.82 Å². The van der Waals surface area contributed by atoms with Crippen LogP contribution in [0.1, 0.15) is 55.4 Å². The second kappa shape index (κ2) is 16.0. The van der Waals surface area contributed by atoms with E-state index in [2.05, 4.69) is 16.0 Å². The van der Waals surface area contributed by atoms with Gasteiger partial charge < -0.3 is 25.4 Å². The molecule has 1 heterocycles. The zero-order chi connectivity index (χ0) is 38.7. The van der Waals surface area contributed by atoms with Crippen molar-refractivity contribution in [3.8, 4) is 11.1 Å². The van der Waals surface area contributed by atoms with Crippen LogP contribution in [0.3, 0.4) is 0 Å². The van der Waals surface area contributed by atoms with E-state index < -0.39 is 58.3 Å². The number of fused-ring (bicyclic) bond motifs is 4. The molecule has 0 aromatic heterocycles. The lowest BCUT2D eigenvalue weighted by atomic mass is 9.93. The maximum atomic E-state index is 14.9. The highest BCUT2D eigenvalue weighted by atomic mass is 35.5. The van der Waals surface area contributed by atoms with Crippen LogP contribution in [-0.4, -0.2) is 59.7 Å². The van der Waals surface area contributed by atoms with Crippen LogP contribution in [0, 0.1) is 11.6 Å². The Balaban J connectivity index is 1.23. The first-order chi connectivity index (χ1) is 25.7. The molecular weight excluding hydrogens is 741 g/mol. The van der Waals surface area contributed by atoms with Crippen LogP contribution in [0.2, 0.25) is 10.0 Å². The summed E-state index contributed by atoms with van der Waals surface area (Å²) in [5.74, 6) is -3.35. The molecule has 4 aromatic carbocycles. The van der Waals surface area contributed by atoms with E-state index in [9.17, 15) is 28.0 Å². The first kappa shape index (κ1) is 38.5. The molecule has 6 rings (SSSR count). The van der Waals surface area contributed by atoms with Crippen molar-refractivity contribution in [1.82, 2.24) is 15.5 Å². The van der Waals surface area contributed by atoms with Crippen LogP contribution in [0.15, 0.2) is 78.9 Å². The van der Waals surface area contributed by atoms with E-state index in [1.165, 1.54) is 29.2 Å². The Morgan fingerprint density at radius 1 is 0.907 bits per heavy atom. The van der Waals surface area contributed by atoms with E-state index in [1.807, 2.05) is 48.5 Å². The van der Waals surface area contributed by atoms with Gasteiger partial charge in [-0.3, -0.25) is 14.5 Å². The number of nitrogens with zero attached hydrogens (tertiary/aromatic N) is 1. The molecule has 4 amide bonds. The lowest BCUT2D eigenvalue weighted by Gasteiger charge is -2.36. The molecule has 2 aliphatic rings. The highest BCUT2D eigenvalue weighted by Gasteiger charge is 2.39. The van der Waals surface area contributed by atoms with Crippen LogP contribution < -0.4 is 16.0 Å². The Morgan fingerprint density at radius 3 is 2.24 bits per heavy atom. The molecule has 54 heavy (non-hydrogen) atoms. The highest BCUT2D eigenvalue weighted by molar-refractivity contribution is 6.42. The van der Waals surface area contributed by atoms with Crippen LogP contribution in [0.5, 0.6) is 0 Å². The number of halogens is 4. The number of anilines is 1. The average Bonchev–Trinajstić information content (AvgIpc) is 3.45. The average molecular weight is 780 g/mol. The van der Waals surface area contributed by atoms with Crippen molar-refractivity contribution < 1.29 is 37.4 Å². The third-order valence-corrected chi connectivity index (χ3v) is 9.98. The number of carbonyl (C=O) groups excluding carboxylic acids is 4. The number of alkyl carbamates (subject to hydrolysis) is 1. The summed E-state index contributed by atoms with van der Waals surface area (Å²) in [6.07, 6.45) is -1.79. The molecular formula is C40H38Cl2F2N4O6. The lowest BCUT2D eigenvalue weighted by Crippen LogP contribution is -2.56. The molecule has 0 fully saturated rings. The maximum Gasteiger partial charge on any atom is 0.410 e. The fraction of sp³-hybridized carbons (Fsp3) is 0.300. The largest absolute Gasteiger partial charge is 0.448 e. The Morgan fingerprint density at radius 2 is 1.57 bits per heavy atom. The third kappa shape index (κ3) is 8.61. The van der Waals surface area contributed by atoms with E-state index in [0.717, 1.165) is 22.3 Å². The highest BCUT2D eigenvalue weighted by Crippen LogP contribution is 2.44. The molecule has 0 saturated carbocycles. The van der Waals surface area contributed by atoms with Gasteiger partial charge in [-0.15, -0.1) is 0 Å². The van der Waals surface area contributed by atoms with Gasteiger partial charge in [-0.1, -0.05) is 77.8 Å². The molecule has 0 unspecified atom stereocenters. The van der Waals surface area contributed by atoms with Gasteiger partial charge in [0, 0.05) is 18.9 Å². The minimum atomic E-state index is -1.36. The Kier molecular flexibility index (Phi) is 11.4. The summed E-state index contributed by atoms with van der Waals surface area (Å²) in [6, 6.07) is 19.8. The number of rotatable bonds is 9.